The van der Waals surface area contributed by atoms with Crippen LogP contribution in [0.4, 0.5) is 8.78 Å². The van der Waals surface area contributed by atoms with Crippen molar-refractivity contribution >= 4 is 59.2 Å². The van der Waals surface area contributed by atoms with Gasteiger partial charge in [-0.2, -0.15) is 0 Å². The first-order valence-corrected chi connectivity index (χ1v) is 40.2. The number of esters is 1. The normalized spacial score (nSPS) is 16.6. The van der Waals surface area contributed by atoms with Crippen molar-refractivity contribution in [2.24, 2.45) is 50.9 Å². The lowest BCUT2D eigenvalue weighted by Gasteiger charge is -2.36. The number of benzene rings is 3. The van der Waals surface area contributed by atoms with E-state index in [9.17, 15) is 67.3 Å². The van der Waals surface area contributed by atoms with Crippen molar-refractivity contribution in [3.8, 4) is 23.0 Å². The van der Waals surface area contributed by atoms with Gasteiger partial charge in [-0.15, -0.1) is 0 Å². The predicted octanol–water partition coefficient (Wildman–Crippen LogP) is 0.0664. The second-order valence-corrected chi connectivity index (χ2v) is 28.7. The zero-order valence-electron chi connectivity index (χ0n) is 67.2. The number of carbonyl (C=O) groups excluding carboxylic acids is 9. The summed E-state index contributed by atoms with van der Waals surface area (Å²) in [6.45, 7) is 12.8. The van der Waals surface area contributed by atoms with Crippen molar-refractivity contribution in [1.82, 2.24) is 47.2 Å². The summed E-state index contributed by atoms with van der Waals surface area (Å²) in [5, 5.41) is 45.7. The maximum absolute atomic E-state index is 14.2. The van der Waals surface area contributed by atoms with Gasteiger partial charge >= 0.3 is 5.97 Å². The number of aliphatic hydroxyl groups excluding tert-OH is 1. The topological polar surface area (TPSA) is 581 Å². The average molecular weight is 1640 g/mol. The van der Waals surface area contributed by atoms with Crippen LogP contribution in [0, 0.1) is 11.6 Å². The number of amides is 8. The van der Waals surface area contributed by atoms with Gasteiger partial charge in [-0.05, 0) is 174 Å². The molecule has 0 aromatic heterocycles. The Balaban J connectivity index is 0.000000321. The average Bonchev–Trinajstić information content (AvgIpc) is 1.48. The van der Waals surface area contributed by atoms with Gasteiger partial charge in [0.05, 0.1) is 74.5 Å². The van der Waals surface area contributed by atoms with E-state index in [1.807, 2.05) is 13.8 Å². The van der Waals surface area contributed by atoms with Crippen molar-refractivity contribution in [3.63, 3.8) is 0 Å². The fourth-order valence-electron chi connectivity index (χ4n) is 13.3. The van der Waals surface area contributed by atoms with Crippen molar-refractivity contribution < 1.29 is 95.8 Å². The van der Waals surface area contributed by atoms with Crippen LogP contribution < -0.4 is 88.0 Å². The number of nitrogens with one attached hydrogen (secondary N) is 7. The summed E-state index contributed by atoms with van der Waals surface area (Å²) in [4.78, 5) is 128. The molecule has 0 bridgehead atoms. The van der Waals surface area contributed by atoms with Crippen molar-refractivity contribution in [3.05, 3.63) is 82.4 Å². The van der Waals surface area contributed by atoms with E-state index in [0.29, 0.717) is 207 Å². The number of hydroxylamine groups is 1. The van der Waals surface area contributed by atoms with Gasteiger partial charge in [0, 0.05) is 76.2 Å². The molecule has 38 heteroatoms. The van der Waals surface area contributed by atoms with Gasteiger partial charge in [0.1, 0.15) is 41.7 Å². The first kappa shape index (κ1) is 97.5. The largest absolute Gasteiger partial charge is 0.505 e. The number of halogens is 2. The Morgan fingerprint density at radius 2 is 1.14 bits per heavy atom. The molecule has 2 saturated heterocycles. The van der Waals surface area contributed by atoms with E-state index in [2.05, 4.69) is 42.4 Å². The molecule has 7 rings (SSSR count). The number of phenolic OH excluding ortho intramolecular Hbond substituents is 2. The highest BCUT2D eigenvalue weighted by atomic mass is 19.1. The van der Waals surface area contributed by atoms with Crippen molar-refractivity contribution in [2.45, 2.75) is 209 Å². The molecule has 26 N–H and O–H groups in total. The number of hydrogen-bond acceptors (Lipinski definition) is 26. The number of ether oxygens (including phenoxy) is 5. The van der Waals surface area contributed by atoms with Crippen molar-refractivity contribution in [2.75, 3.05) is 112 Å². The van der Waals surface area contributed by atoms with E-state index in [1.165, 1.54) is 11.8 Å². The van der Waals surface area contributed by atoms with E-state index in [1.54, 1.807) is 29.2 Å². The Morgan fingerprint density at radius 1 is 0.603 bits per heavy atom. The number of nitrogens with two attached hydrogens (primary N) is 8. The second kappa shape index (κ2) is 52.6. The number of nitrogens with zero attached hydrogens (tertiary/aromatic N) is 3. The molecule has 4 heterocycles. The van der Waals surface area contributed by atoms with Crippen LogP contribution in [0.2, 0.25) is 0 Å². The van der Waals surface area contributed by atoms with Crippen LogP contribution in [0.15, 0.2) is 53.5 Å². The number of aromatic hydroxyl groups is 2. The summed E-state index contributed by atoms with van der Waals surface area (Å²) in [6.07, 6.45) is 11.1. The van der Waals surface area contributed by atoms with Gasteiger partial charge in [0.25, 0.3) is 0 Å². The lowest BCUT2D eigenvalue weighted by molar-refractivity contribution is -0.148. The number of aliphatic imine (C=N–C) groups is 1. The predicted molar refractivity (Wildman–Crippen MR) is 427 cm³/mol. The third-order valence-corrected chi connectivity index (χ3v) is 19.6. The molecule has 0 aliphatic carbocycles. The number of aliphatic hydroxyl groups is 1. The molecule has 8 amide bonds. The highest BCUT2D eigenvalue weighted by Gasteiger charge is 2.54. The summed E-state index contributed by atoms with van der Waals surface area (Å²) in [6, 6.07) is 4.80. The monoisotopic (exact) mass is 1640 g/mol. The maximum atomic E-state index is 14.2. The number of unbranched alkanes of at least 4 members (excludes halogenated alkanes) is 4. The van der Waals surface area contributed by atoms with E-state index < -0.39 is 101 Å². The number of fused-ring (bicyclic) bond motifs is 6. The Bertz CT molecular complexity index is 3570. The second-order valence-electron chi connectivity index (χ2n) is 28.7. The smallest absolute Gasteiger partial charge is 0.340 e. The van der Waals surface area contributed by atoms with Crippen LogP contribution in [0.5, 0.6) is 23.0 Å². The fraction of sp³-hybridized carbons (Fsp3) is 0.641. The Labute approximate surface area is 676 Å². The third kappa shape index (κ3) is 31.4. The minimum atomic E-state index is -1.67. The zero-order valence-corrected chi connectivity index (χ0v) is 67.2. The maximum Gasteiger partial charge on any atom is 0.340 e. The van der Waals surface area contributed by atoms with E-state index >= 15 is 0 Å². The molecule has 116 heavy (non-hydrogen) atoms. The van der Waals surface area contributed by atoms with Gasteiger partial charge in [0.2, 0.25) is 47.3 Å². The van der Waals surface area contributed by atoms with Gasteiger partial charge < -0.3 is 131 Å². The van der Waals surface area contributed by atoms with Crippen LogP contribution >= 0.6 is 0 Å². The number of carbonyl (C=O) groups is 9. The van der Waals surface area contributed by atoms with E-state index in [-0.39, 0.29) is 76.3 Å². The van der Waals surface area contributed by atoms with E-state index in [4.69, 9.17) is 74.4 Å². The van der Waals surface area contributed by atoms with Crippen molar-refractivity contribution in [1.29, 1.82) is 0 Å². The molecule has 1 spiro atoms. The molecule has 36 nitrogen and oxygen atoms in total. The Morgan fingerprint density at radius 3 is 1.73 bits per heavy atom. The number of hydrogen-bond donors (Lipinski definition) is 18. The van der Waals surface area contributed by atoms with Crippen LogP contribution in [0.25, 0.3) is 0 Å². The summed E-state index contributed by atoms with van der Waals surface area (Å²) in [7, 11) is 0. The fourth-order valence-corrected chi connectivity index (χ4v) is 13.3. The molecule has 650 valence electrons. The molecular formula is C78H126F2N18O18. The zero-order chi connectivity index (χ0) is 85.1. The first-order chi connectivity index (χ1) is 55.6. The molecule has 0 radical (unpaired) electrons. The molecule has 9 atom stereocenters. The standard InChI is InChI=1S/C32H67N9O8.C26H49N9O5.C20H10F2O5/c1-2-49-40-18-10-20-47-22-24-48-23-21-46-19-9-17-37-29(42)25-39-32(45)28(41-31(44)27(36)12-4-7-15-34)13-5-8-16-38-30(43)26(35)11-3-6-14-33;1-16(8-5-13-31-26(29)30)32-22(37)19-10-6-14-34(19)25(40)20-11-7-15-35(20)24(39)18(9-3-4-12-27)33-23(38)21(28)17(2)36;21-13-5-11-17(7-15(13)23)26-18-8-16(24)14(22)6-12(18)20(11)10-4-2-1-3-9(10)19(25)27-20/h26-28,40H,2-25,33-36H2,1H3,(H,37,42)(H,38,43)(H,39,45)(H,41,44);16-21,36H,3-15,27-28H2,1-2H3,(H,32,37)(H,33,38)(H4,29,30,31);1-8,23-24H/t26-,27?,28-;16-,17-,18+,19+,20+,21+;/m01./s1. The molecule has 1 unspecified atom stereocenters. The summed E-state index contributed by atoms with van der Waals surface area (Å²) < 4.78 is 56.1. The number of likely N-dealkylation sites (tertiary alicyclic amines) is 2. The number of guanidine groups is 1. The van der Waals surface area contributed by atoms with Crippen LogP contribution in [-0.4, -0.2) is 250 Å². The summed E-state index contributed by atoms with van der Waals surface area (Å²) in [5.41, 5.74) is 47.0. The Hall–Kier alpha value is -9.06. The van der Waals surface area contributed by atoms with Crippen LogP contribution in [-0.2, 0) is 67.7 Å². The molecule has 3 aromatic carbocycles. The quantitative estimate of drug-likeness (QED) is 0.0117. The highest BCUT2D eigenvalue weighted by Crippen LogP contribution is 2.57. The number of phenols is 2. The molecule has 2 fully saturated rings. The van der Waals surface area contributed by atoms with Crippen LogP contribution in [0.3, 0.4) is 0 Å². The van der Waals surface area contributed by atoms with Gasteiger partial charge in [-0.1, -0.05) is 31.0 Å². The molecule has 4 aliphatic heterocycles. The summed E-state index contributed by atoms with van der Waals surface area (Å²) >= 11 is 0. The number of rotatable bonds is 50. The molecule has 3 aromatic rings. The third-order valence-electron chi connectivity index (χ3n) is 19.6. The van der Waals surface area contributed by atoms with Crippen LogP contribution in [0.1, 0.15) is 176 Å². The van der Waals surface area contributed by atoms with Gasteiger partial charge in [-0.3, -0.25) is 43.3 Å². The SMILES string of the molecule is CCONCCCOCCOCCOCCCNC(=O)CNC(=O)[C@H](CCCCNC(=O)[C@@H](N)CCCCN)NC(=O)C(N)CCCCN.C[C@H](CCCN=C(N)N)NC(=O)[C@@H]1CCCN1C(=O)[C@@H]1CCCN1C(=O)[C@H](CCCCN)NC(=O)[C@@H](N)[C@@H](C)O.O=C1OC2(c3cc(F)c(O)cc3Oc3cc(O)c(F)cc32)c2ccccc21. The van der Waals surface area contributed by atoms with E-state index in [0.717, 1.165) is 56.5 Å². The minimum absolute atomic E-state index is 0.0249. The lowest BCUT2D eigenvalue weighted by Crippen LogP contribution is -2.58. The molecule has 0 saturated carbocycles. The first-order valence-electron chi connectivity index (χ1n) is 40.2. The lowest BCUT2D eigenvalue weighted by atomic mass is 9.77. The molecule has 4 aliphatic rings. The van der Waals surface area contributed by atoms with Gasteiger partial charge in [-0.25, -0.2) is 19.1 Å². The highest BCUT2D eigenvalue weighted by molar-refractivity contribution is 5.98. The molecular weight excluding hydrogens is 1510 g/mol. The minimum Gasteiger partial charge on any atom is -0.505 e. The van der Waals surface area contributed by atoms with Gasteiger partial charge in [0.15, 0.2) is 34.7 Å². The Kier molecular flexibility index (Phi) is 44.2. The summed E-state index contributed by atoms with van der Waals surface area (Å²) in [5.74, 6) is -6.78.